The molecule has 2 aliphatic heterocycles. The molecule has 2 rings (SSSR count). The van der Waals surface area contributed by atoms with Gasteiger partial charge in [-0.1, -0.05) is 0 Å². The Morgan fingerprint density at radius 3 is 2.76 bits per heavy atom. The Morgan fingerprint density at radius 2 is 2.18 bits per heavy atom. The largest absolute Gasteiger partial charge is 0.523 e. The van der Waals surface area contributed by atoms with Gasteiger partial charge in [0.05, 0.1) is 6.54 Å². The molecule has 17 heavy (non-hydrogen) atoms. The van der Waals surface area contributed by atoms with Crippen molar-refractivity contribution in [2.45, 2.75) is 24.6 Å². The summed E-state index contributed by atoms with van der Waals surface area (Å²) in [5.41, 5.74) is 5.05. The van der Waals surface area contributed by atoms with E-state index in [4.69, 9.17) is 5.11 Å². The van der Waals surface area contributed by atoms with E-state index in [1.165, 1.54) is 0 Å². The minimum Gasteiger partial charge on any atom is -0.480 e. The first kappa shape index (κ1) is 12.3. The Bertz CT molecular complexity index is 347. The Hall–Kier alpha value is -1.19. The van der Waals surface area contributed by atoms with Crippen LogP contribution in [-0.4, -0.2) is 48.4 Å². The van der Waals surface area contributed by atoms with E-state index in [-0.39, 0.29) is 6.54 Å². The molecule has 6 nitrogen and oxygen atoms in total. The van der Waals surface area contributed by atoms with Crippen LogP contribution in [0.3, 0.4) is 0 Å². The molecule has 4 unspecified atom stereocenters. The van der Waals surface area contributed by atoms with Gasteiger partial charge in [-0.25, -0.2) is 5.43 Å². The maximum absolute atomic E-state index is 12.2. The van der Waals surface area contributed by atoms with Crippen LogP contribution in [0.4, 0.5) is 13.2 Å². The van der Waals surface area contributed by atoms with E-state index in [9.17, 15) is 18.0 Å². The van der Waals surface area contributed by atoms with Gasteiger partial charge in [0.1, 0.15) is 12.1 Å². The first-order valence-corrected chi connectivity index (χ1v) is 4.87. The number of aliphatic imine (C=N–C) groups is 1. The standard InChI is InChI=1S/C8H10F3N3O3/c9-8(10,11)17-4-2-12-1-3-5(4)6(7(15)16)14-13-3/h2-6,13-14H,1H2,(H,15,16). The van der Waals surface area contributed by atoms with Crippen molar-refractivity contribution in [3.63, 3.8) is 0 Å². The maximum atomic E-state index is 12.2. The molecule has 0 spiro atoms. The molecule has 0 aromatic rings. The number of nitrogens with zero attached hydrogens (tertiary/aromatic N) is 1. The van der Waals surface area contributed by atoms with E-state index in [1.54, 1.807) is 0 Å². The van der Waals surface area contributed by atoms with Crippen molar-refractivity contribution in [3.8, 4) is 0 Å². The van der Waals surface area contributed by atoms with Gasteiger partial charge in [0.25, 0.3) is 0 Å². The Kier molecular flexibility index (Phi) is 3.06. The number of alkyl halides is 3. The number of hydrogen-bond donors (Lipinski definition) is 3. The van der Waals surface area contributed by atoms with E-state index >= 15 is 0 Å². The zero-order valence-electron chi connectivity index (χ0n) is 8.44. The van der Waals surface area contributed by atoms with Crippen LogP contribution in [0.2, 0.25) is 0 Å². The molecular weight excluding hydrogens is 243 g/mol. The fraction of sp³-hybridized carbons (Fsp3) is 0.750. The molecule has 3 N–H and O–H groups in total. The number of rotatable bonds is 2. The van der Waals surface area contributed by atoms with Gasteiger partial charge in [-0.3, -0.25) is 19.9 Å². The van der Waals surface area contributed by atoms with Gasteiger partial charge in [-0.05, 0) is 0 Å². The normalized spacial score (nSPS) is 36.9. The first-order chi connectivity index (χ1) is 7.88. The zero-order valence-corrected chi connectivity index (χ0v) is 8.44. The van der Waals surface area contributed by atoms with Crippen molar-refractivity contribution in [2.75, 3.05) is 6.54 Å². The molecule has 0 aromatic carbocycles. The van der Waals surface area contributed by atoms with Crippen LogP contribution in [-0.2, 0) is 9.53 Å². The van der Waals surface area contributed by atoms with Crippen molar-refractivity contribution < 1.29 is 27.8 Å². The number of carboxylic acid groups (broad SMARTS) is 1. The topological polar surface area (TPSA) is 83.0 Å². The highest BCUT2D eigenvalue weighted by Gasteiger charge is 2.49. The zero-order chi connectivity index (χ0) is 12.6. The molecule has 9 heteroatoms. The average molecular weight is 253 g/mol. The van der Waals surface area contributed by atoms with Crippen LogP contribution in [0.25, 0.3) is 0 Å². The number of carboxylic acids is 1. The molecule has 0 amide bonds. The highest BCUT2D eigenvalue weighted by Crippen LogP contribution is 2.29. The fourth-order valence-corrected chi connectivity index (χ4v) is 2.07. The molecule has 0 saturated carbocycles. The van der Waals surface area contributed by atoms with Gasteiger partial charge in [-0.15, -0.1) is 13.2 Å². The fourth-order valence-electron chi connectivity index (χ4n) is 2.07. The SMILES string of the molecule is O=C(O)C1NNC2CN=CC(OC(F)(F)F)C21. The van der Waals surface area contributed by atoms with Crippen molar-refractivity contribution in [2.24, 2.45) is 10.9 Å². The summed E-state index contributed by atoms with van der Waals surface area (Å²) in [6, 6.07) is -1.60. The van der Waals surface area contributed by atoms with E-state index in [0.717, 1.165) is 6.21 Å². The van der Waals surface area contributed by atoms with Gasteiger partial charge in [0.15, 0.2) is 0 Å². The van der Waals surface area contributed by atoms with Gasteiger partial charge < -0.3 is 5.11 Å². The summed E-state index contributed by atoms with van der Waals surface area (Å²) in [6.45, 7) is 0.221. The number of hydrogen-bond acceptors (Lipinski definition) is 5. The van der Waals surface area contributed by atoms with Gasteiger partial charge in [0.2, 0.25) is 0 Å². The quantitative estimate of drug-likeness (QED) is 0.619. The molecular formula is C8H10F3N3O3. The summed E-state index contributed by atoms with van der Waals surface area (Å²) in [7, 11) is 0. The predicted octanol–water partition coefficient (Wildman–Crippen LogP) is -0.478. The van der Waals surface area contributed by atoms with Crippen LogP contribution in [0.5, 0.6) is 0 Å². The van der Waals surface area contributed by atoms with E-state index < -0.39 is 36.4 Å². The lowest BCUT2D eigenvalue weighted by Crippen LogP contribution is -2.48. The first-order valence-electron chi connectivity index (χ1n) is 4.87. The summed E-state index contributed by atoms with van der Waals surface area (Å²) >= 11 is 0. The average Bonchev–Trinajstić information content (AvgIpc) is 2.59. The second-order valence-electron chi connectivity index (χ2n) is 3.83. The molecule has 2 heterocycles. The molecule has 96 valence electrons. The molecule has 0 aromatic heterocycles. The monoisotopic (exact) mass is 253 g/mol. The van der Waals surface area contributed by atoms with Crippen molar-refractivity contribution in [1.82, 2.24) is 10.9 Å². The number of halogens is 3. The number of carbonyl (C=O) groups is 1. The molecule has 0 aliphatic carbocycles. The Labute approximate surface area is 93.8 Å². The van der Waals surface area contributed by atoms with Crippen molar-refractivity contribution >= 4 is 12.2 Å². The summed E-state index contributed by atoms with van der Waals surface area (Å²) < 4.78 is 40.3. The van der Waals surface area contributed by atoms with Gasteiger partial charge in [0, 0.05) is 18.2 Å². The van der Waals surface area contributed by atoms with Crippen LogP contribution < -0.4 is 10.9 Å². The second-order valence-corrected chi connectivity index (χ2v) is 3.83. The summed E-state index contributed by atoms with van der Waals surface area (Å²) in [6.07, 6.45) is -5.19. The molecule has 0 bridgehead atoms. The van der Waals surface area contributed by atoms with Crippen molar-refractivity contribution in [1.29, 1.82) is 0 Å². The third-order valence-electron chi connectivity index (χ3n) is 2.74. The molecule has 1 saturated heterocycles. The Balaban J connectivity index is 2.17. The van der Waals surface area contributed by atoms with E-state index in [0.29, 0.717) is 0 Å². The highest BCUT2D eigenvalue weighted by molar-refractivity contribution is 5.77. The number of aliphatic carboxylic acids is 1. The lowest BCUT2D eigenvalue weighted by atomic mass is 9.87. The van der Waals surface area contributed by atoms with Crippen LogP contribution >= 0.6 is 0 Å². The molecule has 4 atom stereocenters. The summed E-state index contributed by atoms with van der Waals surface area (Å²) in [4.78, 5) is 14.6. The smallest absolute Gasteiger partial charge is 0.480 e. The summed E-state index contributed by atoms with van der Waals surface area (Å²) in [5, 5.41) is 8.88. The lowest BCUT2D eigenvalue weighted by Gasteiger charge is -2.30. The predicted molar refractivity (Wildman–Crippen MR) is 49.3 cm³/mol. The molecule has 0 radical (unpaired) electrons. The van der Waals surface area contributed by atoms with E-state index in [2.05, 4.69) is 20.6 Å². The maximum Gasteiger partial charge on any atom is 0.523 e. The molecule has 2 aliphatic rings. The highest BCUT2D eigenvalue weighted by atomic mass is 19.4. The minimum absolute atomic E-state index is 0.221. The van der Waals surface area contributed by atoms with Gasteiger partial charge >= 0.3 is 12.3 Å². The summed E-state index contributed by atoms with van der Waals surface area (Å²) in [5.74, 6) is -2.07. The van der Waals surface area contributed by atoms with Crippen LogP contribution in [0, 0.1) is 5.92 Å². The Morgan fingerprint density at radius 1 is 1.47 bits per heavy atom. The van der Waals surface area contributed by atoms with Crippen LogP contribution in [0.15, 0.2) is 4.99 Å². The van der Waals surface area contributed by atoms with E-state index in [1.807, 2.05) is 0 Å². The van der Waals surface area contributed by atoms with Gasteiger partial charge in [-0.2, -0.15) is 0 Å². The second kappa shape index (κ2) is 4.24. The number of fused-ring (bicyclic) bond motifs is 1. The number of hydrazine groups is 1. The minimum atomic E-state index is -4.82. The molecule has 1 fully saturated rings. The number of ether oxygens (including phenoxy) is 1. The third-order valence-corrected chi connectivity index (χ3v) is 2.74. The third kappa shape index (κ3) is 2.56. The van der Waals surface area contributed by atoms with Crippen molar-refractivity contribution in [3.05, 3.63) is 0 Å². The van der Waals surface area contributed by atoms with Crippen LogP contribution in [0.1, 0.15) is 0 Å². The number of nitrogens with one attached hydrogen (secondary N) is 2. The lowest BCUT2D eigenvalue weighted by molar-refractivity contribution is -0.338.